The zero-order chi connectivity index (χ0) is 23.9. The molecule has 3 aromatic carbocycles. The number of hydrogen-bond donors (Lipinski definition) is 0. The van der Waals surface area contributed by atoms with Gasteiger partial charge in [0.15, 0.2) is 0 Å². The van der Waals surface area contributed by atoms with Crippen LogP contribution >= 0.6 is 0 Å². The maximum Gasteiger partial charge on any atom is 0.255 e. The highest BCUT2D eigenvalue weighted by Crippen LogP contribution is 2.30. The van der Waals surface area contributed by atoms with Gasteiger partial charge in [0, 0.05) is 45.3 Å². The van der Waals surface area contributed by atoms with Gasteiger partial charge in [0.25, 0.3) is 5.91 Å². The van der Waals surface area contributed by atoms with Crippen molar-refractivity contribution in [3.05, 3.63) is 60.2 Å². The minimum Gasteiger partial charge on any atom is -0.336 e. The molecule has 2 heterocycles. The lowest BCUT2D eigenvalue weighted by Crippen LogP contribution is -2.55. The summed E-state index contributed by atoms with van der Waals surface area (Å²) in [6.07, 6.45) is 1.71. The highest BCUT2D eigenvalue weighted by molar-refractivity contribution is 7.89. The fourth-order valence-corrected chi connectivity index (χ4v) is 6.77. The van der Waals surface area contributed by atoms with E-state index in [4.69, 9.17) is 0 Å². The van der Waals surface area contributed by atoms with Gasteiger partial charge in [0.2, 0.25) is 10.0 Å². The van der Waals surface area contributed by atoms with Crippen molar-refractivity contribution in [3.8, 4) is 0 Å². The number of carbonyl (C=O) groups is 1. The van der Waals surface area contributed by atoms with Gasteiger partial charge < -0.3 is 4.90 Å². The van der Waals surface area contributed by atoms with Crippen molar-refractivity contribution in [3.63, 3.8) is 0 Å². The smallest absolute Gasteiger partial charge is 0.255 e. The van der Waals surface area contributed by atoms with E-state index in [-0.39, 0.29) is 11.2 Å². The number of rotatable bonds is 4. The number of nitrogens with zero attached hydrogens (tertiary/aromatic N) is 3. The molecule has 0 aliphatic carbocycles. The number of carbonyl (C=O) groups excluding carboxylic acids is 1. The molecule has 3 aromatic rings. The Hall–Kier alpha value is -2.48. The highest BCUT2D eigenvalue weighted by atomic mass is 32.2. The van der Waals surface area contributed by atoms with Crippen LogP contribution in [0.2, 0.25) is 0 Å². The molecule has 2 saturated heterocycles. The minimum absolute atomic E-state index is 0.102. The van der Waals surface area contributed by atoms with Crippen LogP contribution in [-0.4, -0.2) is 79.0 Å². The molecule has 1 amide bonds. The average molecular weight is 480 g/mol. The third-order valence-electron chi connectivity index (χ3n) is 7.48. The summed E-state index contributed by atoms with van der Waals surface area (Å²) >= 11 is 0. The standard InChI is InChI=1S/C27H33N3O3S/c1-20(2)34(32,33)30-13-11-23(12-14-30)28-15-17-29(18-16-28)27(31)26-24-9-5-3-7-21(24)19-22-8-4-6-10-25(22)26/h3-10,19-20,23H,11-18H2,1-2H3. The Kier molecular flexibility index (Phi) is 6.35. The topological polar surface area (TPSA) is 60.9 Å². The molecule has 0 radical (unpaired) electrons. The van der Waals surface area contributed by atoms with Crippen LogP contribution in [0.5, 0.6) is 0 Å². The van der Waals surface area contributed by atoms with E-state index in [0.29, 0.717) is 32.2 Å². The molecule has 2 fully saturated rings. The first-order chi connectivity index (χ1) is 16.4. The molecular formula is C27H33N3O3S. The summed E-state index contributed by atoms with van der Waals surface area (Å²) < 4.78 is 26.6. The molecule has 0 unspecified atom stereocenters. The van der Waals surface area contributed by atoms with E-state index in [2.05, 4.69) is 23.1 Å². The number of hydrogen-bond acceptors (Lipinski definition) is 4. The Morgan fingerprint density at radius 3 is 1.88 bits per heavy atom. The van der Waals surface area contributed by atoms with Gasteiger partial charge in [-0.3, -0.25) is 9.69 Å². The predicted molar refractivity (Wildman–Crippen MR) is 138 cm³/mol. The lowest BCUT2D eigenvalue weighted by molar-refractivity contribution is 0.0506. The van der Waals surface area contributed by atoms with Crippen molar-refractivity contribution in [2.24, 2.45) is 0 Å². The zero-order valence-electron chi connectivity index (χ0n) is 20.0. The molecule has 5 rings (SSSR count). The third kappa shape index (κ3) is 4.21. The second kappa shape index (κ2) is 9.29. The maximum atomic E-state index is 13.8. The van der Waals surface area contributed by atoms with E-state index in [1.807, 2.05) is 41.3 Å². The van der Waals surface area contributed by atoms with Crippen LogP contribution < -0.4 is 0 Å². The van der Waals surface area contributed by atoms with Crippen molar-refractivity contribution in [2.45, 2.75) is 38.0 Å². The Balaban J connectivity index is 1.29. The van der Waals surface area contributed by atoms with E-state index >= 15 is 0 Å². The van der Waals surface area contributed by atoms with Crippen molar-refractivity contribution >= 4 is 37.5 Å². The van der Waals surface area contributed by atoms with Gasteiger partial charge in [-0.1, -0.05) is 48.5 Å². The molecule has 0 bridgehead atoms. The second-order valence-electron chi connectivity index (χ2n) is 9.75. The molecule has 2 aliphatic rings. The van der Waals surface area contributed by atoms with E-state index < -0.39 is 10.0 Å². The van der Waals surface area contributed by atoms with Gasteiger partial charge in [-0.25, -0.2) is 12.7 Å². The van der Waals surface area contributed by atoms with Crippen LogP contribution in [0.4, 0.5) is 0 Å². The first-order valence-electron chi connectivity index (χ1n) is 12.3. The van der Waals surface area contributed by atoms with E-state index in [0.717, 1.165) is 53.0 Å². The number of fused-ring (bicyclic) bond motifs is 2. The van der Waals surface area contributed by atoms with Crippen LogP contribution in [0, 0.1) is 0 Å². The first-order valence-corrected chi connectivity index (χ1v) is 13.8. The fourth-order valence-electron chi connectivity index (χ4n) is 5.45. The van der Waals surface area contributed by atoms with Crippen molar-refractivity contribution in [1.29, 1.82) is 0 Å². The molecule has 0 atom stereocenters. The van der Waals surface area contributed by atoms with Gasteiger partial charge in [0.1, 0.15) is 0 Å². The van der Waals surface area contributed by atoms with Crippen LogP contribution in [0.25, 0.3) is 21.5 Å². The number of amides is 1. The van der Waals surface area contributed by atoms with Crippen LogP contribution in [0.1, 0.15) is 37.0 Å². The lowest BCUT2D eigenvalue weighted by Gasteiger charge is -2.42. The van der Waals surface area contributed by atoms with E-state index in [1.54, 1.807) is 18.2 Å². The summed E-state index contributed by atoms with van der Waals surface area (Å²) in [5.74, 6) is 0.102. The quantitative estimate of drug-likeness (QED) is 0.532. The molecule has 34 heavy (non-hydrogen) atoms. The minimum atomic E-state index is -3.18. The molecule has 0 aromatic heterocycles. The average Bonchev–Trinajstić information content (AvgIpc) is 2.87. The van der Waals surface area contributed by atoms with Crippen molar-refractivity contribution in [1.82, 2.24) is 14.1 Å². The van der Waals surface area contributed by atoms with Gasteiger partial charge in [-0.15, -0.1) is 0 Å². The molecule has 0 N–H and O–H groups in total. The molecule has 180 valence electrons. The molecule has 0 spiro atoms. The summed E-state index contributed by atoms with van der Waals surface area (Å²) in [4.78, 5) is 18.2. The second-order valence-corrected chi connectivity index (χ2v) is 12.2. The van der Waals surface area contributed by atoms with Crippen molar-refractivity contribution in [2.75, 3.05) is 39.3 Å². The lowest BCUT2D eigenvalue weighted by atomic mass is 9.95. The number of piperazine rings is 1. The predicted octanol–water partition coefficient (Wildman–Crippen LogP) is 3.95. The fraction of sp³-hybridized carbons (Fsp3) is 0.444. The molecule has 0 saturated carbocycles. The summed E-state index contributed by atoms with van der Waals surface area (Å²) in [7, 11) is -3.18. The Morgan fingerprint density at radius 2 is 1.35 bits per heavy atom. The van der Waals surface area contributed by atoms with Gasteiger partial charge >= 0.3 is 0 Å². The van der Waals surface area contributed by atoms with Crippen LogP contribution in [-0.2, 0) is 10.0 Å². The Labute approximate surface area is 202 Å². The van der Waals surface area contributed by atoms with Gasteiger partial charge in [-0.2, -0.15) is 0 Å². The first kappa shape index (κ1) is 23.3. The molecule has 6 nitrogen and oxygen atoms in total. The summed E-state index contributed by atoms with van der Waals surface area (Å²) in [6, 6.07) is 18.8. The number of benzene rings is 3. The summed E-state index contributed by atoms with van der Waals surface area (Å²) in [5, 5.41) is 3.82. The number of piperidine rings is 1. The zero-order valence-corrected chi connectivity index (χ0v) is 20.8. The van der Waals surface area contributed by atoms with Gasteiger partial charge in [0.05, 0.1) is 10.8 Å². The molecule has 2 aliphatic heterocycles. The normalized spacial score (nSPS) is 19.3. The number of sulfonamides is 1. The SMILES string of the molecule is CC(C)S(=O)(=O)N1CCC(N2CCN(C(=O)c3c4ccccc4cc4ccccc34)CC2)CC1. The third-order valence-corrected chi connectivity index (χ3v) is 9.76. The molecular weight excluding hydrogens is 446 g/mol. The van der Waals surface area contributed by atoms with E-state index in [1.165, 1.54) is 0 Å². The van der Waals surface area contributed by atoms with Crippen molar-refractivity contribution < 1.29 is 13.2 Å². The maximum absolute atomic E-state index is 13.8. The van der Waals surface area contributed by atoms with Crippen LogP contribution in [0.15, 0.2) is 54.6 Å². The van der Waals surface area contributed by atoms with Crippen LogP contribution in [0.3, 0.4) is 0 Å². The van der Waals surface area contributed by atoms with Gasteiger partial charge in [-0.05, 0) is 54.3 Å². The monoisotopic (exact) mass is 479 g/mol. The summed E-state index contributed by atoms with van der Waals surface area (Å²) in [6.45, 7) is 7.72. The Bertz CT molecular complexity index is 1250. The van der Waals surface area contributed by atoms with E-state index in [9.17, 15) is 13.2 Å². The summed E-state index contributed by atoms with van der Waals surface area (Å²) in [5.41, 5.74) is 0.800. The largest absolute Gasteiger partial charge is 0.336 e. The Morgan fingerprint density at radius 1 is 0.824 bits per heavy atom. The molecule has 7 heteroatoms. The highest BCUT2D eigenvalue weighted by Gasteiger charge is 2.34.